The molecule has 25 heavy (non-hydrogen) atoms. The Morgan fingerprint density at radius 1 is 1.20 bits per heavy atom. The highest BCUT2D eigenvalue weighted by molar-refractivity contribution is 9.10. The van der Waals surface area contributed by atoms with E-state index in [1.807, 2.05) is 6.07 Å². The first-order chi connectivity index (χ1) is 12.1. The van der Waals surface area contributed by atoms with Gasteiger partial charge < -0.3 is 9.72 Å². The van der Waals surface area contributed by atoms with Crippen LogP contribution >= 0.6 is 15.9 Å². The van der Waals surface area contributed by atoms with Crippen LogP contribution in [0.4, 0.5) is 0 Å². The second-order valence-corrected chi connectivity index (χ2v) is 6.13. The standard InChI is InChI=1S/C18H14BrN3O3/c1-25-15-7-4-12-8-13(17(23)21-16(12)9-15)10-20-22-18(24)11-2-5-14(19)6-3-11/h2-10H,1H3,(H,21,23)(H,22,24)/b20-10-. The lowest BCUT2D eigenvalue weighted by Crippen LogP contribution is -2.19. The minimum absolute atomic E-state index is 0.303. The number of hydrogen-bond acceptors (Lipinski definition) is 4. The number of benzene rings is 2. The van der Waals surface area contributed by atoms with Crippen molar-refractivity contribution in [3.63, 3.8) is 0 Å². The summed E-state index contributed by atoms with van der Waals surface area (Å²) in [6.07, 6.45) is 1.32. The molecule has 7 heteroatoms. The number of carbonyl (C=O) groups is 1. The SMILES string of the molecule is COc1ccc2cc(/C=N\NC(=O)c3ccc(Br)cc3)c(=O)[nH]c2c1. The van der Waals surface area contributed by atoms with Crippen LogP contribution in [0, 0.1) is 0 Å². The number of halogens is 1. The van der Waals surface area contributed by atoms with E-state index in [1.165, 1.54) is 6.21 Å². The van der Waals surface area contributed by atoms with Crippen LogP contribution in [0.2, 0.25) is 0 Å². The summed E-state index contributed by atoms with van der Waals surface area (Å²) in [7, 11) is 1.56. The van der Waals surface area contributed by atoms with Gasteiger partial charge >= 0.3 is 0 Å². The molecule has 126 valence electrons. The largest absolute Gasteiger partial charge is 0.497 e. The molecule has 0 aliphatic heterocycles. The summed E-state index contributed by atoms with van der Waals surface area (Å²) in [6.45, 7) is 0. The molecule has 0 radical (unpaired) electrons. The molecule has 2 N–H and O–H groups in total. The third-order valence-electron chi connectivity index (χ3n) is 3.56. The summed E-state index contributed by atoms with van der Waals surface area (Å²) < 4.78 is 6.02. The Balaban J connectivity index is 1.79. The van der Waals surface area contributed by atoms with Gasteiger partial charge in [-0.15, -0.1) is 0 Å². The van der Waals surface area contributed by atoms with E-state index in [-0.39, 0.29) is 11.5 Å². The average Bonchev–Trinajstić information content (AvgIpc) is 2.62. The molecule has 1 heterocycles. The maximum absolute atomic E-state index is 12.1. The van der Waals surface area contributed by atoms with Gasteiger partial charge in [0, 0.05) is 16.1 Å². The first-order valence-electron chi connectivity index (χ1n) is 7.37. The molecule has 0 atom stereocenters. The maximum atomic E-state index is 12.1. The minimum Gasteiger partial charge on any atom is -0.497 e. The van der Waals surface area contributed by atoms with Gasteiger partial charge in [0.05, 0.1) is 24.4 Å². The van der Waals surface area contributed by atoms with Crippen LogP contribution in [0.25, 0.3) is 10.9 Å². The molecule has 0 unspecified atom stereocenters. The molecule has 0 bridgehead atoms. The fourth-order valence-electron chi connectivity index (χ4n) is 2.25. The Kier molecular flexibility index (Phi) is 4.95. The summed E-state index contributed by atoms with van der Waals surface area (Å²) in [4.78, 5) is 26.8. The Bertz CT molecular complexity index is 1010. The van der Waals surface area contributed by atoms with E-state index in [4.69, 9.17) is 4.74 Å². The second-order valence-electron chi connectivity index (χ2n) is 5.21. The molecular formula is C18H14BrN3O3. The van der Waals surface area contributed by atoms with Crippen LogP contribution in [-0.2, 0) is 0 Å². The number of carbonyl (C=O) groups excluding carboxylic acids is 1. The van der Waals surface area contributed by atoms with Crippen molar-refractivity contribution in [2.24, 2.45) is 5.10 Å². The van der Waals surface area contributed by atoms with Crippen molar-refractivity contribution in [3.05, 3.63) is 74.5 Å². The van der Waals surface area contributed by atoms with Crippen molar-refractivity contribution in [2.45, 2.75) is 0 Å². The van der Waals surface area contributed by atoms with E-state index in [0.29, 0.717) is 22.4 Å². The van der Waals surface area contributed by atoms with Crippen molar-refractivity contribution in [1.82, 2.24) is 10.4 Å². The molecule has 0 fully saturated rings. The number of aromatic nitrogens is 1. The Hall–Kier alpha value is -2.93. The molecule has 3 aromatic rings. The number of nitrogens with zero attached hydrogens (tertiary/aromatic N) is 1. The normalized spacial score (nSPS) is 11.0. The van der Waals surface area contributed by atoms with Crippen molar-refractivity contribution >= 4 is 39.0 Å². The molecular weight excluding hydrogens is 386 g/mol. The van der Waals surface area contributed by atoms with Crippen LogP contribution in [0.3, 0.4) is 0 Å². The number of aromatic amines is 1. The van der Waals surface area contributed by atoms with Crippen molar-refractivity contribution in [2.75, 3.05) is 7.11 Å². The van der Waals surface area contributed by atoms with Gasteiger partial charge in [0.15, 0.2) is 0 Å². The zero-order valence-electron chi connectivity index (χ0n) is 13.2. The van der Waals surface area contributed by atoms with Crippen LogP contribution in [0.5, 0.6) is 5.75 Å². The van der Waals surface area contributed by atoms with Gasteiger partial charge in [-0.05, 0) is 47.9 Å². The number of ether oxygens (including phenoxy) is 1. The first-order valence-corrected chi connectivity index (χ1v) is 8.16. The predicted octanol–water partition coefficient (Wildman–Crippen LogP) is 3.06. The molecule has 1 amide bonds. The number of amides is 1. The molecule has 6 nitrogen and oxygen atoms in total. The van der Waals surface area contributed by atoms with E-state index in [9.17, 15) is 9.59 Å². The second kappa shape index (κ2) is 7.31. The topological polar surface area (TPSA) is 83.5 Å². The van der Waals surface area contributed by atoms with Gasteiger partial charge in [-0.1, -0.05) is 15.9 Å². The number of H-pyrrole nitrogens is 1. The number of methoxy groups -OCH3 is 1. The Labute approximate surface area is 151 Å². The van der Waals surface area contributed by atoms with Crippen LogP contribution in [0.15, 0.2) is 62.9 Å². The smallest absolute Gasteiger partial charge is 0.271 e. The van der Waals surface area contributed by atoms with Crippen molar-refractivity contribution < 1.29 is 9.53 Å². The number of fused-ring (bicyclic) bond motifs is 1. The summed E-state index contributed by atoms with van der Waals surface area (Å²) >= 11 is 3.31. The number of nitrogens with one attached hydrogen (secondary N) is 2. The molecule has 0 saturated carbocycles. The highest BCUT2D eigenvalue weighted by Crippen LogP contribution is 2.18. The van der Waals surface area contributed by atoms with Crippen LogP contribution in [0.1, 0.15) is 15.9 Å². The number of rotatable bonds is 4. The van der Waals surface area contributed by atoms with Crippen molar-refractivity contribution in [1.29, 1.82) is 0 Å². The monoisotopic (exact) mass is 399 g/mol. The molecule has 1 aromatic heterocycles. The summed E-state index contributed by atoms with van der Waals surface area (Å²) in [5.41, 5.74) is 3.58. The van der Waals surface area contributed by atoms with E-state index in [1.54, 1.807) is 49.6 Å². The zero-order chi connectivity index (χ0) is 17.8. The number of hydrazone groups is 1. The van der Waals surface area contributed by atoms with E-state index in [2.05, 4.69) is 31.4 Å². The van der Waals surface area contributed by atoms with Gasteiger partial charge in [0.2, 0.25) is 0 Å². The van der Waals surface area contributed by atoms with E-state index in [0.717, 1.165) is 9.86 Å². The van der Waals surface area contributed by atoms with E-state index >= 15 is 0 Å². The lowest BCUT2D eigenvalue weighted by atomic mass is 10.1. The molecule has 0 aliphatic carbocycles. The zero-order valence-corrected chi connectivity index (χ0v) is 14.8. The summed E-state index contributed by atoms with van der Waals surface area (Å²) in [6, 6.07) is 14.0. The third-order valence-corrected chi connectivity index (χ3v) is 4.09. The number of pyridine rings is 1. The van der Waals surface area contributed by atoms with Crippen molar-refractivity contribution in [3.8, 4) is 5.75 Å². The summed E-state index contributed by atoms with van der Waals surface area (Å²) in [5.74, 6) is 0.303. The lowest BCUT2D eigenvalue weighted by Gasteiger charge is -2.03. The Morgan fingerprint density at radius 3 is 2.68 bits per heavy atom. The maximum Gasteiger partial charge on any atom is 0.271 e. The lowest BCUT2D eigenvalue weighted by molar-refractivity contribution is 0.0955. The van der Waals surface area contributed by atoms with Crippen LogP contribution < -0.4 is 15.7 Å². The third kappa shape index (κ3) is 3.95. The first kappa shape index (κ1) is 16.9. The van der Waals surface area contributed by atoms with Crippen LogP contribution in [-0.4, -0.2) is 24.2 Å². The van der Waals surface area contributed by atoms with Gasteiger partial charge in [-0.2, -0.15) is 5.10 Å². The fraction of sp³-hybridized carbons (Fsp3) is 0.0556. The predicted molar refractivity (Wildman–Crippen MR) is 100 cm³/mol. The molecule has 0 saturated heterocycles. The highest BCUT2D eigenvalue weighted by atomic mass is 79.9. The fourth-order valence-corrected chi connectivity index (χ4v) is 2.51. The number of hydrogen-bond donors (Lipinski definition) is 2. The quantitative estimate of drug-likeness (QED) is 0.522. The van der Waals surface area contributed by atoms with Gasteiger partial charge in [-0.3, -0.25) is 9.59 Å². The van der Waals surface area contributed by atoms with E-state index < -0.39 is 0 Å². The highest BCUT2D eigenvalue weighted by Gasteiger charge is 2.05. The van der Waals surface area contributed by atoms with Gasteiger partial charge in [0.25, 0.3) is 11.5 Å². The Morgan fingerprint density at radius 2 is 1.96 bits per heavy atom. The molecule has 0 aliphatic rings. The van der Waals surface area contributed by atoms with Gasteiger partial charge in [-0.25, -0.2) is 5.43 Å². The average molecular weight is 400 g/mol. The molecule has 0 spiro atoms. The molecule has 3 rings (SSSR count). The minimum atomic E-state index is -0.356. The van der Waals surface area contributed by atoms with Gasteiger partial charge in [0.1, 0.15) is 5.75 Å². The molecule has 2 aromatic carbocycles. The summed E-state index contributed by atoms with van der Waals surface area (Å²) in [5, 5.41) is 4.70.